The van der Waals surface area contributed by atoms with Gasteiger partial charge < -0.3 is 10.2 Å². The summed E-state index contributed by atoms with van der Waals surface area (Å²) in [6.45, 7) is 0.532. The van der Waals surface area contributed by atoms with Crippen molar-refractivity contribution in [2.24, 2.45) is 4.99 Å². The zero-order chi connectivity index (χ0) is 21.0. The third-order valence-corrected chi connectivity index (χ3v) is 5.31. The molecule has 1 aliphatic heterocycles. The molecule has 1 aliphatic rings. The summed E-state index contributed by atoms with van der Waals surface area (Å²) in [5.41, 5.74) is 4.97. The van der Waals surface area contributed by atoms with E-state index in [1.165, 1.54) is 0 Å². The van der Waals surface area contributed by atoms with E-state index in [-0.39, 0.29) is 5.78 Å². The van der Waals surface area contributed by atoms with Gasteiger partial charge in [0.2, 0.25) is 5.96 Å². The SMILES string of the molecule is O=C1c2ccccc2CN(C(=Nc2ccccc2)Nc2ccccc2)c2ccccc21. The Bertz CT molecular complexity index is 1250. The molecule has 0 saturated heterocycles. The first-order valence-electron chi connectivity index (χ1n) is 10.2. The van der Waals surface area contributed by atoms with Crippen LogP contribution in [0.4, 0.5) is 17.1 Å². The number of guanidine groups is 1. The van der Waals surface area contributed by atoms with Crippen LogP contribution in [0.25, 0.3) is 0 Å². The van der Waals surface area contributed by atoms with E-state index < -0.39 is 0 Å². The Morgan fingerprint density at radius 2 is 1.32 bits per heavy atom. The molecule has 1 heterocycles. The van der Waals surface area contributed by atoms with Gasteiger partial charge in [0.05, 0.1) is 17.9 Å². The number of carbonyl (C=O) groups is 1. The first-order valence-corrected chi connectivity index (χ1v) is 10.2. The van der Waals surface area contributed by atoms with E-state index in [0.717, 1.165) is 28.2 Å². The van der Waals surface area contributed by atoms with E-state index >= 15 is 0 Å². The summed E-state index contributed by atoms with van der Waals surface area (Å²) in [4.78, 5) is 20.3. The molecule has 0 bridgehead atoms. The summed E-state index contributed by atoms with van der Waals surface area (Å²) in [6, 6.07) is 35.3. The predicted octanol–water partition coefficient (Wildman–Crippen LogP) is 6.04. The minimum atomic E-state index is 0.0347. The molecule has 0 unspecified atom stereocenters. The average molecular weight is 403 g/mol. The lowest BCUT2D eigenvalue weighted by atomic mass is 9.99. The zero-order valence-corrected chi connectivity index (χ0v) is 16.9. The molecular weight excluding hydrogens is 382 g/mol. The number of benzene rings is 4. The number of nitrogens with one attached hydrogen (secondary N) is 1. The Morgan fingerprint density at radius 3 is 2.10 bits per heavy atom. The standard InChI is InChI=1S/C27H21N3O/c31-26-23-16-8-7-11-20(23)19-30(25-18-10-9-17-24(25)26)27(28-21-12-3-1-4-13-21)29-22-14-5-2-6-15-22/h1-18H,19H2,(H,28,29). The van der Waals surface area contributed by atoms with Crippen LogP contribution in [0.2, 0.25) is 0 Å². The normalized spacial score (nSPS) is 13.2. The van der Waals surface area contributed by atoms with Crippen molar-refractivity contribution >= 4 is 28.8 Å². The maximum Gasteiger partial charge on any atom is 0.208 e. The van der Waals surface area contributed by atoms with Crippen molar-refractivity contribution in [1.82, 2.24) is 0 Å². The van der Waals surface area contributed by atoms with E-state index in [1.54, 1.807) is 0 Å². The number of rotatable bonds is 2. The van der Waals surface area contributed by atoms with Gasteiger partial charge in [-0.2, -0.15) is 0 Å². The first kappa shape index (κ1) is 18.8. The molecule has 0 spiro atoms. The molecule has 0 radical (unpaired) electrons. The van der Waals surface area contributed by atoms with E-state index in [1.807, 2.05) is 109 Å². The van der Waals surface area contributed by atoms with Gasteiger partial charge in [0.15, 0.2) is 5.78 Å². The second kappa shape index (κ2) is 8.28. The second-order valence-corrected chi connectivity index (χ2v) is 7.35. The van der Waals surface area contributed by atoms with Crippen molar-refractivity contribution in [3.8, 4) is 0 Å². The molecule has 0 aliphatic carbocycles. The molecule has 0 saturated carbocycles. The Kier molecular flexibility index (Phi) is 5.03. The highest BCUT2D eigenvalue weighted by Gasteiger charge is 2.27. The molecule has 4 aromatic carbocycles. The Balaban J connectivity index is 1.68. The van der Waals surface area contributed by atoms with E-state index in [4.69, 9.17) is 4.99 Å². The molecule has 150 valence electrons. The van der Waals surface area contributed by atoms with Gasteiger partial charge in [-0.15, -0.1) is 0 Å². The van der Waals surface area contributed by atoms with E-state index in [9.17, 15) is 4.79 Å². The van der Waals surface area contributed by atoms with Crippen molar-refractivity contribution in [3.63, 3.8) is 0 Å². The number of nitrogens with zero attached hydrogens (tertiary/aromatic N) is 2. The van der Waals surface area contributed by atoms with Gasteiger partial charge in [-0.3, -0.25) is 4.79 Å². The highest BCUT2D eigenvalue weighted by atomic mass is 16.1. The molecule has 5 rings (SSSR count). The number of fused-ring (bicyclic) bond motifs is 2. The number of aliphatic imine (C=N–C) groups is 1. The topological polar surface area (TPSA) is 44.7 Å². The average Bonchev–Trinajstić information content (AvgIpc) is 2.95. The van der Waals surface area contributed by atoms with E-state index in [2.05, 4.69) is 10.2 Å². The van der Waals surface area contributed by atoms with Gasteiger partial charge in [0, 0.05) is 16.8 Å². The molecule has 4 nitrogen and oxygen atoms in total. The van der Waals surface area contributed by atoms with Crippen LogP contribution in [0.5, 0.6) is 0 Å². The van der Waals surface area contributed by atoms with Gasteiger partial charge in [-0.05, 0) is 42.0 Å². The van der Waals surface area contributed by atoms with Crippen molar-refractivity contribution in [3.05, 3.63) is 126 Å². The summed E-state index contributed by atoms with van der Waals surface area (Å²) >= 11 is 0. The summed E-state index contributed by atoms with van der Waals surface area (Å²) in [7, 11) is 0. The van der Waals surface area contributed by atoms with Gasteiger partial charge >= 0.3 is 0 Å². The van der Waals surface area contributed by atoms with Crippen molar-refractivity contribution in [2.45, 2.75) is 6.54 Å². The van der Waals surface area contributed by atoms with Gasteiger partial charge in [-0.1, -0.05) is 72.8 Å². The molecule has 0 fully saturated rings. The van der Waals surface area contributed by atoms with Gasteiger partial charge in [0.25, 0.3) is 0 Å². The molecule has 0 atom stereocenters. The van der Waals surface area contributed by atoms with Crippen LogP contribution >= 0.6 is 0 Å². The summed E-state index contributed by atoms with van der Waals surface area (Å²) in [5.74, 6) is 0.696. The minimum absolute atomic E-state index is 0.0347. The summed E-state index contributed by atoms with van der Waals surface area (Å²) < 4.78 is 0. The quantitative estimate of drug-likeness (QED) is 0.328. The van der Waals surface area contributed by atoms with Crippen LogP contribution in [-0.4, -0.2) is 11.7 Å². The number of anilines is 2. The molecular formula is C27H21N3O. The maximum absolute atomic E-state index is 13.3. The molecule has 1 N–H and O–H groups in total. The third kappa shape index (κ3) is 3.83. The van der Waals surface area contributed by atoms with Crippen LogP contribution in [-0.2, 0) is 6.54 Å². The minimum Gasteiger partial charge on any atom is -0.326 e. The fourth-order valence-corrected chi connectivity index (χ4v) is 3.80. The Hall–Kier alpha value is -4.18. The maximum atomic E-state index is 13.3. The first-order chi connectivity index (χ1) is 15.3. The number of hydrogen-bond acceptors (Lipinski definition) is 2. The Labute approximate surface area is 181 Å². The van der Waals surface area contributed by atoms with Crippen molar-refractivity contribution in [2.75, 3.05) is 10.2 Å². The molecule has 4 aromatic rings. The van der Waals surface area contributed by atoms with Crippen LogP contribution in [0.1, 0.15) is 21.5 Å². The highest BCUT2D eigenvalue weighted by Crippen LogP contribution is 2.31. The number of ketones is 1. The highest BCUT2D eigenvalue weighted by molar-refractivity contribution is 6.18. The van der Waals surface area contributed by atoms with E-state index in [0.29, 0.717) is 18.1 Å². The fraction of sp³-hybridized carbons (Fsp3) is 0.0370. The molecule has 4 heteroatoms. The van der Waals surface area contributed by atoms with Crippen molar-refractivity contribution in [1.29, 1.82) is 0 Å². The monoisotopic (exact) mass is 403 g/mol. The number of carbonyl (C=O) groups excluding carboxylic acids is 1. The largest absolute Gasteiger partial charge is 0.326 e. The van der Waals surface area contributed by atoms with Crippen LogP contribution in [0.3, 0.4) is 0 Å². The van der Waals surface area contributed by atoms with Crippen LogP contribution in [0, 0.1) is 0 Å². The Morgan fingerprint density at radius 1 is 0.710 bits per heavy atom. The molecule has 0 aromatic heterocycles. The lowest BCUT2D eigenvalue weighted by molar-refractivity contribution is 0.103. The summed E-state index contributed by atoms with van der Waals surface area (Å²) in [6.07, 6.45) is 0. The van der Waals surface area contributed by atoms with Gasteiger partial charge in [0.1, 0.15) is 0 Å². The lowest BCUT2D eigenvalue weighted by Crippen LogP contribution is -2.36. The predicted molar refractivity (Wildman–Crippen MR) is 126 cm³/mol. The van der Waals surface area contributed by atoms with Crippen LogP contribution in [0.15, 0.2) is 114 Å². The zero-order valence-electron chi connectivity index (χ0n) is 16.9. The second-order valence-electron chi connectivity index (χ2n) is 7.35. The van der Waals surface area contributed by atoms with Crippen LogP contribution < -0.4 is 10.2 Å². The fourth-order valence-electron chi connectivity index (χ4n) is 3.80. The summed E-state index contributed by atoms with van der Waals surface area (Å²) in [5, 5.41) is 3.48. The lowest BCUT2D eigenvalue weighted by Gasteiger charge is -2.27. The van der Waals surface area contributed by atoms with Crippen molar-refractivity contribution < 1.29 is 4.79 Å². The molecule has 0 amide bonds. The number of hydrogen-bond donors (Lipinski definition) is 1. The van der Waals surface area contributed by atoms with Gasteiger partial charge in [-0.25, -0.2) is 4.99 Å². The third-order valence-electron chi connectivity index (χ3n) is 5.31. The molecule has 31 heavy (non-hydrogen) atoms. The number of para-hydroxylation sites is 3. The smallest absolute Gasteiger partial charge is 0.208 e.